The van der Waals surface area contributed by atoms with E-state index in [2.05, 4.69) is 10.6 Å². The van der Waals surface area contributed by atoms with Crippen molar-refractivity contribution in [2.24, 2.45) is 0 Å². The standard InChI is InChI=1S/C15H22N2O5S/c1-11(15(19)16-9-4-10-22-3)23(20,21)14-7-5-13(6-8-14)17-12(2)18/h5-8,11H,4,9-10H2,1-3H3,(H,16,19)(H,17,18)/t11-/m1/s1. The van der Waals surface area contributed by atoms with Gasteiger partial charge in [0.1, 0.15) is 5.25 Å². The van der Waals surface area contributed by atoms with Crippen LogP contribution in [0.1, 0.15) is 20.3 Å². The molecular weight excluding hydrogens is 320 g/mol. The lowest BCUT2D eigenvalue weighted by Gasteiger charge is -2.14. The zero-order valence-corrected chi connectivity index (χ0v) is 14.3. The molecule has 0 aromatic heterocycles. The van der Waals surface area contributed by atoms with Crippen LogP contribution >= 0.6 is 0 Å². The molecule has 0 aliphatic carbocycles. The molecule has 1 aromatic rings. The minimum absolute atomic E-state index is 0.0335. The first kappa shape index (κ1) is 19.1. The maximum absolute atomic E-state index is 12.4. The van der Waals surface area contributed by atoms with E-state index < -0.39 is 21.0 Å². The molecule has 0 radical (unpaired) electrons. The molecule has 0 aliphatic rings. The summed E-state index contributed by atoms with van der Waals surface area (Å²) in [5.74, 6) is -0.795. The normalized spacial score (nSPS) is 12.5. The second-order valence-electron chi connectivity index (χ2n) is 5.03. The first-order valence-electron chi connectivity index (χ1n) is 7.17. The number of anilines is 1. The number of hydrogen-bond donors (Lipinski definition) is 2. The predicted octanol–water partition coefficient (Wildman–Crippen LogP) is 0.960. The van der Waals surface area contributed by atoms with Gasteiger partial charge in [-0.15, -0.1) is 0 Å². The third kappa shape index (κ3) is 5.65. The van der Waals surface area contributed by atoms with Gasteiger partial charge in [-0.25, -0.2) is 8.42 Å². The number of hydrogen-bond acceptors (Lipinski definition) is 5. The molecule has 0 heterocycles. The number of carbonyl (C=O) groups excluding carboxylic acids is 2. The maximum atomic E-state index is 12.4. The molecular formula is C15H22N2O5S. The van der Waals surface area contributed by atoms with Crippen molar-refractivity contribution in [2.45, 2.75) is 30.4 Å². The van der Waals surface area contributed by atoms with Crippen LogP contribution in [0.25, 0.3) is 0 Å². The molecule has 0 bridgehead atoms. The van der Waals surface area contributed by atoms with Crippen LogP contribution in [0, 0.1) is 0 Å². The lowest BCUT2D eigenvalue weighted by molar-refractivity contribution is -0.120. The summed E-state index contributed by atoms with van der Waals surface area (Å²) in [5, 5.41) is 3.93. The maximum Gasteiger partial charge on any atom is 0.238 e. The zero-order valence-electron chi connectivity index (χ0n) is 13.5. The summed E-state index contributed by atoms with van der Waals surface area (Å²) in [4.78, 5) is 22.9. The molecule has 0 saturated carbocycles. The third-order valence-electron chi connectivity index (χ3n) is 3.16. The average Bonchev–Trinajstić information content (AvgIpc) is 2.50. The van der Waals surface area contributed by atoms with Gasteiger partial charge in [0, 0.05) is 32.9 Å². The van der Waals surface area contributed by atoms with Crippen molar-refractivity contribution >= 4 is 27.3 Å². The summed E-state index contributed by atoms with van der Waals surface area (Å²) < 4.78 is 29.7. The van der Waals surface area contributed by atoms with Gasteiger partial charge in [-0.3, -0.25) is 9.59 Å². The van der Waals surface area contributed by atoms with Gasteiger partial charge in [-0.1, -0.05) is 0 Å². The van der Waals surface area contributed by atoms with Crippen molar-refractivity contribution in [1.29, 1.82) is 0 Å². The minimum Gasteiger partial charge on any atom is -0.385 e. The summed E-state index contributed by atoms with van der Waals surface area (Å²) in [5.41, 5.74) is 0.494. The van der Waals surface area contributed by atoms with E-state index in [1.807, 2.05) is 0 Å². The van der Waals surface area contributed by atoms with Crippen LogP contribution in [0.3, 0.4) is 0 Å². The second kappa shape index (κ2) is 8.64. The quantitative estimate of drug-likeness (QED) is 0.685. The molecule has 2 amide bonds. The third-order valence-corrected chi connectivity index (χ3v) is 5.24. The van der Waals surface area contributed by atoms with E-state index >= 15 is 0 Å². The van der Waals surface area contributed by atoms with Crippen LogP contribution in [0.15, 0.2) is 29.2 Å². The number of methoxy groups -OCH3 is 1. The molecule has 1 atom stereocenters. The highest BCUT2D eigenvalue weighted by Crippen LogP contribution is 2.19. The van der Waals surface area contributed by atoms with Gasteiger partial charge in [0.2, 0.25) is 11.8 Å². The van der Waals surface area contributed by atoms with E-state index in [4.69, 9.17) is 4.74 Å². The molecule has 7 nitrogen and oxygen atoms in total. The van der Waals surface area contributed by atoms with Crippen molar-refractivity contribution in [3.63, 3.8) is 0 Å². The van der Waals surface area contributed by atoms with E-state index in [0.29, 0.717) is 25.3 Å². The van der Waals surface area contributed by atoms with Crippen molar-refractivity contribution in [2.75, 3.05) is 25.6 Å². The van der Waals surface area contributed by atoms with Gasteiger partial charge >= 0.3 is 0 Å². The Morgan fingerprint density at radius 2 is 1.83 bits per heavy atom. The molecule has 0 spiro atoms. The number of ether oxygens (including phenoxy) is 1. The van der Waals surface area contributed by atoms with Crippen molar-refractivity contribution in [3.05, 3.63) is 24.3 Å². The van der Waals surface area contributed by atoms with Gasteiger partial charge in [-0.2, -0.15) is 0 Å². The lowest BCUT2D eigenvalue weighted by Crippen LogP contribution is -2.38. The van der Waals surface area contributed by atoms with E-state index in [1.165, 1.54) is 38.1 Å². The smallest absolute Gasteiger partial charge is 0.238 e. The summed E-state index contributed by atoms with van der Waals surface area (Å²) in [7, 11) is -2.23. The molecule has 2 N–H and O–H groups in total. The Bertz CT molecular complexity index is 640. The minimum atomic E-state index is -3.78. The summed E-state index contributed by atoms with van der Waals surface area (Å²) >= 11 is 0. The van der Waals surface area contributed by atoms with Gasteiger partial charge < -0.3 is 15.4 Å². The zero-order chi connectivity index (χ0) is 17.5. The molecule has 23 heavy (non-hydrogen) atoms. The van der Waals surface area contributed by atoms with Gasteiger partial charge in [-0.05, 0) is 37.6 Å². The lowest BCUT2D eigenvalue weighted by atomic mass is 10.3. The number of carbonyl (C=O) groups is 2. The van der Waals surface area contributed by atoms with Crippen molar-refractivity contribution < 1.29 is 22.7 Å². The highest BCUT2D eigenvalue weighted by atomic mass is 32.2. The Balaban J connectivity index is 2.76. The monoisotopic (exact) mass is 342 g/mol. The van der Waals surface area contributed by atoms with Crippen LogP contribution in [0.4, 0.5) is 5.69 Å². The molecule has 128 valence electrons. The van der Waals surface area contributed by atoms with E-state index in [0.717, 1.165) is 0 Å². The number of sulfone groups is 1. The highest BCUT2D eigenvalue weighted by molar-refractivity contribution is 7.92. The van der Waals surface area contributed by atoms with E-state index in [9.17, 15) is 18.0 Å². The van der Waals surface area contributed by atoms with Crippen LogP contribution in [0.5, 0.6) is 0 Å². The van der Waals surface area contributed by atoms with Gasteiger partial charge in [0.05, 0.1) is 4.90 Å². The van der Waals surface area contributed by atoms with Gasteiger partial charge in [0.25, 0.3) is 0 Å². The number of benzene rings is 1. The largest absolute Gasteiger partial charge is 0.385 e. The fourth-order valence-corrected chi connectivity index (χ4v) is 3.14. The summed E-state index contributed by atoms with van der Waals surface area (Å²) in [6.45, 7) is 3.56. The van der Waals surface area contributed by atoms with Crippen LogP contribution in [-0.2, 0) is 24.2 Å². The van der Waals surface area contributed by atoms with Crippen molar-refractivity contribution in [3.8, 4) is 0 Å². The number of amides is 2. The van der Waals surface area contributed by atoms with E-state index in [1.54, 1.807) is 7.11 Å². The van der Waals surface area contributed by atoms with Gasteiger partial charge in [0.15, 0.2) is 9.84 Å². The van der Waals surface area contributed by atoms with Crippen LogP contribution in [-0.4, -0.2) is 45.7 Å². The fraction of sp³-hybridized carbons (Fsp3) is 0.467. The first-order valence-corrected chi connectivity index (χ1v) is 8.72. The Labute approximate surface area is 136 Å². The number of rotatable bonds is 8. The second-order valence-corrected chi connectivity index (χ2v) is 7.30. The van der Waals surface area contributed by atoms with E-state index in [-0.39, 0.29) is 10.8 Å². The SMILES string of the molecule is COCCCNC(=O)[C@@H](C)S(=O)(=O)c1ccc(NC(C)=O)cc1. The molecule has 1 aromatic carbocycles. The Morgan fingerprint density at radius 3 is 2.35 bits per heavy atom. The van der Waals surface area contributed by atoms with Crippen LogP contribution < -0.4 is 10.6 Å². The Kier molecular flexibility index (Phi) is 7.18. The molecule has 8 heteroatoms. The highest BCUT2D eigenvalue weighted by Gasteiger charge is 2.29. The molecule has 0 saturated heterocycles. The topological polar surface area (TPSA) is 102 Å². The Morgan fingerprint density at radius 1 is 1.22 bits per heavy atom. The summed E-state index contributed by atoms with van der Waals surface area (Å²) in [6.07, 6.45) is 0.612. The number of nitrogens with one attached hydrogen (secondary N) is 2. The molecule has 0 unspecified atom stereocenters. The fourth-order valence-electron chi connectivity index (χ4n) is 1.85. The summed E-state index contributed by atoms with van der Waals surface area (Å²) in [6, 6.07) is 5.71. The Hall–Kier alpha value is -1.93. The molecule has 0 fully saturated rings. The predicted molar refractivity (Wildman–Crippen MR) is 86.9 cm³/mol. The molecule has 1 rings (SSSR count). The van der Waals surface area contributed by atoms with Crippen molar-refractivity contribution in [1.82, 2.24) is 5.32 Å². The first-order chi connectivity index (χ1) is 10.8. The average molecular weight is 342 g/mol. The van der Waals surface area contributed by atoms with Crippen LogP contribution in [0.2, 0.25) is 0 Å². The molecule has 0 aliphatic heterocycles.